The van der Waals surface area contributed by atoms with Gasteiger partial charge in [0, 0.05) is 11.3 Å². The maximum absolute atomic E-state index is 12.8. The van der Waals surface area contributed by atoms with Crippen molar-refractivity contribution in [1.29, 1.82) is 0 Å². The Bertz CT molecular complexity index is 1210. The molecule has 0 bridgehead atoms. The summed E-state index contributed by atoms with van der Waals surface area (Å²) in [7, 11) is -3.77. The van der Waals surface area contributed by atoms with Gasteiger partial charge >= 0.3 is 7.60 Å². The maximum Gasteiger partial charge on any atom is 0.332 e. The molecule has 0 saturated carbocycles. The Hall–Kier alpha value is -2.92. The van der Waals surface area contributed by atoms with Crippen LogP contribution in [0.4, 0.5) is 5.69 Å². The van der Waals surface area contributed by atoms with Crippen LogP contribution in [-0.4, -0.2) is 23.5 Å². The molecule has 1 amide bonds. The van der Waals surface area contributed by atoms with Crippen molar-refractivity contribution in [1.82, 2.24) is 0 Å². The van der Waals surface area contributed by atoms with Crippen LogP contribution in [0.1, 0.15) is 81.6 Å². The van der Waals surface area contributed by atoms with Crippen LogP contribution >= 0.6 is 7.60 Å². The molecule has 0 radical (unpaired) electrons. The summed E-state index contributed by atoms with van der Waals surface area (Å²) in [6.45, 7) is 6.64. The molecule has 7 heteroatoms. The predicted molar refractivity (Wildman–Crippen MR) is 160 cm³/mol. The maximum atomic E-state index is 12.8. The lowest BCUT2D eigenvalue weighted by Gasteiger charge is -2.17. The summed E-state index contributed by atoms with van der Waals surface area (Å²) in [6, 6.07) is 22.4. The summed E-state index contributed by atoms with van der Waals surface area (Å²) >= 11 is 0. The highest BCUT2D eigenvalue weighted by Gasteiger charge is 2.23. The Morgan fingerprint density at radius 3 is 2.21 bits per heavy atom. The van der Waals surface area contributed by atoms with E-state index in [0.717, 1.165) is 29.9 Å². The molecule has 0 spiro atoms. The monoisotopic (exact) mass is 551 g/mol. The molecule has 3 rings (SSSR count). The van der Waals surface area contributed by atoms with Crippen LogP contribution in [0.3, 0.4) is 0 Å². The Kier molecular flexibility index (Phi) is 12.3. The molecule has 0 aliphatic heterocycles. The van der Waals surface area contributed by atoms with Crippen LogP contribution in [-0.2, 0) is 15.3 Å². The third-order valence-corrected chi connectivity index (χ3v) is 8.04. The molecular formula is C32H42NO5P. The summed E-state index contributed by atoms with van der Waals surface area (Å²) in [5, 5.41) is 2.87. The molecule has 2 N–H and O–H groups in total. The van der Waals surface area contributed by atoms with Crippen LogP contribution in [0.25, 0.3) is 11.1 Å². The van der Waals surface area contributed by atoms with E-state index in [-0.39, 0.29) is 18.2 Å². The molecule has 0 saturated heterocycles. The van der Waals surface area contributed by atoms with E-state index in [2.05, 4.69) is 12.2 Å². The highest BCUT2D eigenvalue weighted by molar-refractivity contribution is 7.52. The lowest BCUT2D eigenvalue weighted by molar-refractivity contribution is 0.102. The number of carbonyl (C=O) groups is 1. The number of hydrogen-bond acceptors (Lipinski definition) is 4. The van der Waals surface area contributed by atoms with Crippen molar-refractivity contribution >= 4 is 19.2 Å². The average molecular weight is 552 g/mol. The van der Waals surface area contributed by atoms with Crippen molar-refractivity contribution in [3.63, 3.8) is 0 Å². The SMILES string of the molecule is CCCCCCCCOc1ccc(-c2ccc(C(=O)Nc3cccc(CP(=O)(O)OC(C)CC)c3)cc2)cc1. The van der Waals surface area contributed by atoms with E-state index in [1.807, 2.05) is 43.3 Å². The topological polar surface area (TPSA) is 84.9 Å². The van der Waals surface area contributed by atoms with Crippen LogP contribution in [0.5, 0.6) is 5.75 Å². The summed E-state index contributed by atoms with van der Waals surface area (Å²) in [6.07, 6.45) is 7.69. The summed E-state index contributed by atoms with van der Waals surface area (Å²) in [4.78, 5) is 23.0. The Morgan fingerprint density at radius 1 is 0.897 bits per heavy atom. The van der Waals surface area contributed by atoms with E-state index >= 15 is 0 Å². The first kappa shape index (κ1) is 30.6. The Balaban J connectivity index is 1.52. The van der Waals surface area contributed by atoms with Gasteiger partial charge in [-0.3, -0.25) is 9.36 Å². The van der Waals surface area contributed by atoms with Crippen LogP contribution in [0.15, 0.2) is 72.8 Å². The lowest BCUT2D eigenvalue weighted by Crippen LogP contribution is -2.12. The van der Waals surface area contributed by atoms with Crippen molar-refractivity contribution < 1.29 is 23.5 Å². The standard InChI is InChI=1S/C32H42NO5P/c1-4-6-7-8-9-10-22-37-31-20-18-28(19-21-31)27-14-16-29(17-15-27)32(34)33-30-13-11-12-26(23-30)24-39(35,36)38-25(3)5-2/h11-21,23,25H,4-10,22,24H2,1-3H3,(H,33,34)(H,35,36). The van der Waals surface area contributed by atoms with Gasteiger partial charge in [0.15, 0.2) is 0 Å². The molecule has 2 unspecified atom stereocenters. The average Bonchev–Trinajstić information content (AvgIpc) is 2.92. The number of carbonyl (C=O) groups excluding carboxylic acids is 1. The van der Waals surface area contributed by atoms with Gasteiger partial charge in [-0.1, -0.05) is 82.3 Å². The number of rotatable bonds is 16. The third-order valence-electron chi connectivity index (χ3n) is 6.59. The number of hydrogen-bond donors (Lipinski definition) is 2. The van der Waals surface area contributed by atoms with Crippen molar-refractivity contribution in [2.75, 3.05) is 11.9 Å². The second kappa shape index (κ2) is 15.6. The van der Waals surface area contributed by atoms with Crippen molar-refractivity contribution in [3.8, 4) is 16.9 Å². The third kappa shape index (κ3) is 10.6. The van der Waals surface area contributed by atoms with Crippen LogP contribution in [0.2, 0.25) is 0 Å². The van der Waals surface area contributed by atoms with E-state index < -0.39 is 7.60 Å². The summed E-state index contributed by atoms with van der Waals surface area (Å²) in [5.74, 6) is 0.620. The smallest absolute Gasteiger partial charge is 0.332 e. The minimum Gasteiger partial charge on any atom is -0.494 e. The molecule has 0 fully saturated rings. The van der Waals surface area contributed by atoms with Crippen molar-refractivity contribution in [3.05, 3.63) is 83.9 Å². The number of amides is 1. The minimum absolute atomic E-state index is 0.112. The fraction of sp³-hybridized carbons (Fsp3) is 0.406. The first-order chi connectivity index (χ1) is 18.8. The number of anilines is 1. The van der Waals surface area contributed by atoms with E-state index in [1.54, 1.807) is 43.3 Å². The van der Waals surface area contributed by atoms with Gasteiger partial charge in [0.25, 0.3) is 5.91 Å². The molecule has 6 nitrogen and oxygen atoms in total. The molecule has 3 aromatic carbocycles. The molecule has 0 heterocycles. The molecule has 0 aromatic heterocycles. The van der Waals surface area contributed by atoms with E-state index in [1.165, 1.54) is 32.1 Å². The van der Waals surface area contributed by atoms with Gasteiger partial charge in [-0.15, -0.1) is 0 Å². The fourth-order valence-electron chi connectivity index (χ4n) is 4.20. The first-order valence-electron chi connectivity index (χ1n) is 14.0. The highest BCUT2D eigenvalue weighted by Crippen LogP contribution is 2.47. The van der Waals surface area contributed by atoms with E-state index in [0.29, 0.717) is 23.2 Å². The zero-order chi connectivity index (χ0) is 28.1. The van der Waals surface area contributed by atoms with E-state index in [4.69, 9.17) is 9.26 Å². The molecule has 39 heavy (non-hydrogen) atoms. The Labute approximate surface area is 233 Å². The molecule has 3 aromatic rings. The number of nitrogens with one attached hydrogen (secondary N) is 1. The molecule has 2 atom stereocenters. The second-order valence-corrected chi connectivity index (χ2v) is 11.8. The van der Waals surface area contributed by atoms with E-state index in [9.17, 15) is 14.3 Å². The largest absolute Gasteiger partial charge is 0.494 e. The lowest BCUT2D eigenvalue weighted by atomic mass is 10.0. The highest BCUT2D eigenvalue weighted by atomic mass is 31.2. The second-order valence-electron chi connectivity index (χ2n) is 9.99. The van der Waals surface area contributed by atoms with Gasteiger partial charge in [0.05, 0.1) is 18.9 Å². The normalized spacial score (nSPS) is 13.4. The Morgan fingerprint density at radius 2 is 1.54 bits per heavy atom. The van der Waals surface area contributed by atoms with Gasteiger partial charge in [-0.25, -0.2) is 0 Å². The number of ether oxygens (including phenoxy) is 1. The zero-order valence-electron chi connectivity index (χ0n) is 23.4. The van der Waals surface area contributed by atoms with Gasteiger partial charge in [-0.2, -0.15) is 0 Å². The minimum atomic E-state index is -3.77. The molecule has 0 aliphatic rings. The van der Waals surface area contributed by atoms with Gasteiger partial charge < -0.3 is 19.5 Å². The zero-order valence-corrected chi connectivity index (χ0v) is 24.3. The quantitative estimate of drug-likeness (QED) is 0.137. The van der Waals surface area contributed by atoms with Gasteiger partial charge in [0.2, 0.25) is 0 Å². The van der Waals surface area contributed by atoms with Crippen LogP contribution < -0.4 is 10.1 Å². The fourth-order valence-corrected chi connectivity index (χ4v) is 5.65. The van der Waals surface area contributed by atoms with Crippen molar-refractivity contribution in [2.24, 2.45) is 0 Å². The van der Waals surface area contributed by atoms with Crippen LogP contribution in [0, 0.1) is 0 Å². The molecule has 210 valence electrons. The van der Waals surface area contributed by atoms with Crippen molar-refractivity contribution in [2.45, 2.75) is 78.0 Å². The first-order valence-corrected chi connectivity index (χ1v) is 15.8. The predicted octanol–water partition coefficient (Wildman–Crippen LogP) is 8.85. The molecule has 0 aliphatic carbocycles. The number of benzene rings is 3. The summed E-state index contributed by atoms with van der Waals surface area (Å²) in [5.41, 5.74) is 3.76. The number of unbranched alkanes of at least 4 members (excludes halogenated alkanes) is 5. The van der Waals surface area contributed by atoms with Gasteiger partial charge in [-0.05, 0) is 72.9 Å². The summed E-state index contributed by atoms with van der Waals surface area (Å²) < 4.78 is 23.6. The van der Waals surface area contributed by atoms with Gasteiger partial charge in [0.1, 0.15) is 5.75 Å². The molecular weight excluding hydrogens is 509 g/mol.